The Morgan fingerprint density at radius 3 is 2.94 bits per heavy atom. The van der Waals surface area contributed by atoms with Crippen LogP contribution in [0.3, 0.4) is 0 Å². The number of hydrogen-bond donors (Lipinski definition) is 1. The van der Waals surface area contributed by atoms with Crippen LogP contribution in [0.2, 0.25) is 0 Å². The molecule has 1 aromatic rings. The summed E-state index contributed by atoms with van der Waals surface area (Å²) in [4.78, 5) is 11.2. The zero-order valence-electron chi connectivity index (χ0n) is 10.3. The third kappa shape index (κ3) is 2.28. The maximum atomic E-state index is 11.2. The molecule has 3 nitrogen and oxygen atoms in total. The number of rotatable bonds is 3. The van der Waals surface area contributed by atoms with E-state index in [4.69, 9.17) is 0 Å². The van der Waals surface area contributed by atoms with Gasteiger partial charge in [0.2, 0.25) is 0 Å². The third-order valence-corrected chi connectivity index (χ3v) is 3.52. The first-order valence-electron chi connectivity index (χ1n) is 6.04. The van der Waals surface area contributed by atoms with Crippen LogP contribution in [0.4, 0.5) is 0 Å². The normalized spacial score (nSPS) is 15.4. The molecule has 0 amide bonds. The monoisotopic (exact) mass is 234 g/mol. The number of carbonyl (C=O) groups excluding carboxylic acids is 1. The van der Waals surface area contributed by atoms with Crippen molar-refractivity contribution in [2.45, 2.75) is 38.5 Å². The molecule has 0 radical (unpaired) electrons. The molecule has 0 aromatic heterocycles. The van der Waals surface area contributed by atoms with Crippen LogP contribution in [-0.2, 0) is 22.4 Å². The zero-order chi connectivity index (χ0) is 12.4. The van der Waals surface area contributed by atoms with E-state index in [-0.39, 0.29) is 11.9 Å². The van der Waals surface area contributed by atoms with Gasteiger partial charge >= 0.3 is 5.97 Å². The van der Waals surface area contributed by atoms with Crippen molar-refractivity contribution in [2.24, 2.45) is 0 Å². The number of fused-ring (bicyclic) bond motifs is 1. The largest absolute Gasteiger partial charge is 0.507 e. The van der Waals surface area contributed by atoms with Crippen LogP contribution in [0.15, 0.2) is 12.1 Å². The highest BCUT2D eigenvalue weighted by Crippen LogP contribution is 2.37. The van der Waals surface area contributed by atoms with Crippen molar-refractivity contribution in [1.29, 1.82) is 0 Å². The number of carbonyl (C=O) groups is 1. The minimum absolute atomic E-state index is 0.00616. The molecular weight excluding hydrogens is 216 g/mol. The van der Waals surface area contributed by atoms with Crippen molar-refractivity contribution >= 4 is 5.97 Å². The average Bonchev–Trinajstić information content (AvgIpc) is 2.78. The Morgan fingerprint density at radius 2 is 2.24 bits per heavy atom. The van der Waals surface area contributed by atoms with E-state index in [9.17, 15) is 9.90 Å². The Balaban J connectivity index is 2.24. The Morgan fingerprint density at radius 1 is 1.47 bits per heavy atom. The lowest BCUT2D eigenvalue weighted by Crippen LogP contribution is -2.06. The summed E-state index contributed by atoms with van der Waals surface area (Å²) in [5.74, 6) is 0.141. The van der Waals surface area contributed by atoms with Crippen molar-refractivity contribution in [1.82, 2.24) is 0 Å². The van der Waals surface area contributed by atoms with Gasteiger partial charge in [0, 0.05) is 0 Å². The fraction of sp³-hybridized carbons (Fsp3) is 0.500. The molecule has 1 aliphatic rings. The smallest absolute Gasteiger partial charge is 0.306 e. The fourth-order valence-electron chi connectivity index (χ4n) is 2.51. The fourth-order valence-corrected chi connectivity index (χ4v) is 2.51. The molecule has 1 N–H and O–H groups in total. The van der Waals surface area contributed by atoms with Crippen LogP contribution in [0.1, 0.15) is 42.4 Å². The van der Waals surface area contributed by atoms with E-state index in [0.717, 1.165) is 30.4 Å². The van der Waals surface area contributed by atoms with Gasteiger partial charge in [-0.2, -0.15) is 0 Å². The van der Waals surface area contributed by atoms with Crippen LogP contribution in [0, 0.1) is 0 Å². The molecule has 3 heteroatoms. The average molecular weight is 234 g/mol. The van der Waals surface area contributed by atoms with Gasteiger partial charge in [-0.15, -0.1) is 0 Å². The molecule has 17 heavy (non-hydrogen) atoms. The van der Waals surface area contributed by atoms with Crippen LogP contribution in [0.25, 0.3) is 0 Å². The molecule has 0 saturated carbocycles. The lowest BCUT2D eigenvalue weighted by Gasteiger charge is -2.15. The van der Waals surface area contributed by atoms with Crippen LogP contribution >= 0.6 is 0 Å². The van der Waals surface area contributed by atoms with Gasteiger partial charge in [-0.3, -0.25) is 4.79 Å². The van der Waals surface area contributed by atoms with Crippen LogP contribution < -0.4 is 0 Å². The van der Waals surface area contributed by atoms with E-state index >= 15 is 0 Å². The van der Waals surface area contributed by atoms with E-state index in [1.807, 2.05) is 13.0 Å². The number of ether oxygens (including phenoxy) is 1. The first kappa shape index (κ1) is 12.0. The van der Waals surface area contributed by atoms with Crippen LogP contribution in [-0.4, -0.2) is 18.2 Å². The molecule has 0 fully saturated rings. The summed E-state index contributed by atoms with van der Waals surface area (Å²) in [5, 5.41) is 10.2. The highest BCUT2D eigenvalue weighted by atomic mass is 16.5. The molecule has 0 heterocycles. The minimum atomic E-state index is -0.239. The summed E-state index contributed by atoms with van der Waals surface area (Å²) >= 11 is 0. The number of hydrogen-bond acceptors (Lipinski definition) is 3. The summed E-state index contributed by atoms with van der Waals surface area (Å²) < 4.78 is 4.65. The van der Waals surface area contributed by atoms with Crippen molar-refractivity contribution < 1.29 is 14.6 Å². The maximum Gasteiger partial charge on any atom is 0.306 e. The summed E-state index contributed by atoms with van der Waals surface area (Å²) in [6.45, 7) is 1.94. The van der Waals surface area contributed by atoms with Crippen LogP contribution in [0.5, 0.6) is 5.75 Å². The molecule has 0 spiro atoms. The number of phenolic OH excluding ortho intramolecular Hbond substituents is 1. The second-order valence-electron chi connectivity index (χ2n) is 4.68. The highest BCUT2D eigenvalue weighted by molar-refractivity contribution is 5.70. The first-order valence-corrected chi connectivity index (χ1v) is 6.04. The topological polar surface area (TPSA) is 46.5 Å². The zero-order valence-corrected chi connectivity index (χ0v) is 10.3. The third-order valence-electron chi connectivity index (χ3n) is 3.52. The summed E-state index contributed by atoms with van der Waals surface area (Å²) in [7, 11) is 1.39. The molecule has 1 aromatic carbocycles. The number of aryl methyl sites for hydroxylation is 1. The lowest BCUT2D eigenvalue weighted by atomic mass is 9.93. The minimum Gasteiger partial charge on any atom is -0.507 e. The molecule has 0 bridgehead atoms. The summed E-state index contributed by atoms with van der Waals surface area (Å²) in [6.07, 6.45) is 3.41. The van der Waals surface area contributed by atoms with E-state index in [2.05, 4.69) is 10.8 Å². The van der Waals surface area contributed by atoms with Gasteiger partial charge in [-0.25, -0.2) is 0 Å². The number of methoxy groups -OCH3 is 1. The molecular formula is C14H18O3. The molecule has 92 valence electrons. The SMILES string of the molecule is COC(=O)CC(C)c1ccc2c(c1O)CCC2. The van der Waals surface area contributed by atoms with E-state index < -0.39 is 0 Å². The van der Waals surface area contributed by atoms with E-state index in [1.54, 1.807) is 0 Å². The van der Waals surface area contributed by atoms with Gasteiger partial charge in [0.25, 0.3) is 0 Å². The molecule has 1 atom stereocenters. The Kier molecular flexibility index (Phi) is 3.36. The second kappa shape index (κ2) is 4.78. The van der Waals surface area contributed by atoms with Crippen molar-refractivity contribution in [3.8, 4) is 5.75 Å². The van der Waals surface area contributed by atoms with Gasteiger partial charge < -0.3 is 9.84 Å². The van der Waals surface area contributed by atoms with E-state index in [0.29, 0.717) is 12.2 Å². The van der Waals surface area contributed by atoms with Crippen molar-refractivity contribution in [3.63, 3.8) is 0 Å². The van der Waals surface area contributed by atoms with Crippen molar-refractivity contribution in [3.05, 3.63) is 28.8 Å². The van der Waals surface area contributed by atoms with Gasteiger partial charge in [-0.1, -0.05) is 19.1 Å². The van der Waals surface area contributed by atoms with E-state index in [1.165, 1.54) is 12.7 Å². The molecule has 0 saturated heterocycles. The van der Waals surface area contributed by atoms with Gasteiger partial charge in [0.15, 0.2) is 0 Å². The second-order valence-corrected chi connectivity index (χ2v) is 4.68. The number of aromatic hydroxyl groups is 1. The number of esters is 1. The predicted octanol–water partition coefficient (Wildman–Crippen LogP) is 2.55. The highest BCUT2D eigenvalue weighted by Gasteiger charge is 2.21. The standard InChI is InChI=1S/C14H18O3/c1-9(8-13(15)17-2)11-7-6-10-4-3-5-12(10)14(11)16/h6-7,9,16H,3-5,8H2,1-2H3. The van der Waals surface area contributed by atoms with Gasteiger partial charge in [-0.05, 0) is 41.9 Å². The number of benzene rings is 1. The molecule has 2 rings (SSSR count). The van der Waals surface area contributed by atoms with Gasteiger partial charge in [0.1, 0.15) is 5.75 Å². The van der Waals surface area contributed by atoms with Crippen molar-refractivity contribution in [2.75, 3.05) is 7.11 Å². The Labute approximate surface area is 101 Å². The predicted molar refractivity (Wildman–Crippen MR) is 65.2 cm³/mol. The summed E-state index contributed by atoms with van der Waals surface area (Å²) in [6, 6.07) is 4.01. The quantitative estimate of drug-likeness (QED) is 0.817. The van der Waals surface area contributed by atoms with Gasteiger partial charge in [0.05, 0.1) is 13.5 Å². The number of phenols is 1. The molecule has 1 aliphatic carbocycles. The molecule has 0 aliphatic heterocycles. The maximum absolute atomic E-state index is 11.2. The lowest BCUT2D eigenvalue weighted by molar-refractivity contribution is -0.140. The first-order chi connectivity index (χ1) is 8.13. The Hall–Kier alpha value is -1.51. The Bertz CT molecular complexity index is 437. The summed E-state index contributed by atoms with van der Waals surface area (Å²) in [5.41, 5.74) is 3.17. The molecule has 1 unspecified atom stereocenters.